The second kappa shape index (κ2) is 8.46. The quantitative estimate of drug-likeness (QED) is 0.480. The van der Waals surface area contributed by atoms with Crippen molar-refractivity contribution in [3.8, 4) is 5.75 Å². The van der Waals surface area contributed by atoms with Crippen LogP contribution in [0.25, 0.3) is 0 Å². The summed E-state index contributed by atoms with van der Waals surface area (Å²) in [4.78, 5) is 0. The molecule has 29 heavy (non-hydrogen) atoms. The van der Waals surface area contributed by atoms with Crippen molar-refractivity contribution in [2.75, 3.05) is 5.32 Å². The maximum Gasteiger partial charge on any atom is 0.416 e. The molecule has 0 saturated carbocycles. The van der Waals surface area contributed by atoms with E-state index in [1.807, 2.05) is 0 Å². The predicted octanol–water partition coefficient (Wildman–Crippen LogP) is 6.31. The summed E-state index contributed by atoms with van der Waals surface area (Å²) in [6.45, 7) is -0.255. The van der Waals surface area contributed by atoms with Crippen molar-refractivity contribution in [3.63, 3.8) is 0 Å². The maximum atomic E-state index is 13.8. The summed E-state index contributed by atoms with van der Waals surface area (Å²) in [6.07, 6.45) is -4.56. The van der Waals surface area contributed by atoms with Gasteiger partial charge in [0.15, 0.2) is 0 Å². The van der Waals surface area contributed by atoms with Gasteiger partial charge in [0.1, 0.15) is 29.8 Å². The number of hydrogen-bond donors (Lipinski definition) is 1. The van der Waals surface area contributed by atoms with E-state index in [1.54, 1.807) is 24.3 Å². The standard InChI is InChI=1S/C21H15F6NO/c22-16-6-13(7-17(23)9-16)12-29-19-3-1-2-18(10-19)28-11-14-8-15(21(25,26)27)4-5-20(14)24/h1-10,28H,11-12H2. The molecule has 152 valence electrons. The van der Waals surface area contributed by atoms with Gasteiger partial charge in [-0.2, -0.15) is 13.2 Å². The van der Waals surface area contributed by atoms with Crippen molar-refractivity contribution >= 4 is 5.69 Å². The SMILES string of the molecule is Fc1cc(F)cc(COc2cccc(NCc3cc(C(F)(F)F)ccc3F)c2)c1. The summed E-state index contributed by atoms with van der Waals surface area (Å²) >= 11 is 0. The highest BCUT2D eigenvalue weighted by Gasteiger charge is 2.31. The van der Waals surface area contributed by atoms with Crippen molar-refractivity contribution in [2.45, 2.75) is 19.3 Å². The molecule has 0 atom stereocenters. The lowest BCUT2D eigenvalue weighted by molar-refractivity contribution is -0.137. The lowest BCUT2D eigenvalue weighted by Gasteiger charge is -2.12. The summed E-state index contributed by atoms with van der Waals surface area (Å²) in [5.74, 6) is -1.83. The van der Waals surface area contributed by atoms with Crippen molar-refractivity contribution in [1.82, 2.24) is 0 Å². The van der Waals surface area contributed by atoms with E-state index in [9.17, 15) is 26.3 Å². The molecule has 0 heterocycles. The van der Waals surface area contributed by atoms with Gasteiger partial charge in [-0.05, 0) is 48.0 Å². The second-order valence-electron chi connectivity index (χ2n) is 6.25. The van der Waals surface area contributed by atoms with E-state index < -0.39 is 29.2 Å². The van der Waals surface area contributed by atoms with Crippen LogP contribution in [0.4, 0.5) is 32.0 Å². The molecule has 8 heteroatoms. The van der Waals surface area contributed by atoms with Gasteiger partial charge in [0.2, 0.25) is 0 Å². The molecule has 0 bridgehead atoms. The lowest BCUT2D eigenvalue weighted by Crippen LogP contribution is -2.08. The Morgan fingerprint density at radius 3 is 2.24 bits per heavy atom. The van der Waals surface area contributed by atoms with E-state index in [4.69, 9.17) is 4.74 Å². The number of anilines is 1. The van der Waals surface area contributed by atoms with E-state index in [-0.39, 0.29) is 18.7 Å². The van der Waals surface area contributed by atoms with E-state index in [0.29, 0.717) is 23.1 Å². The fourth-order valence-corrected chi connectivity index (χ4v) is 2.64. The van der Waals surface area contributed by atoms with E-state index >= 15 is 0 Å². The highest BCUT2D eigenvalue weighted by atomic mass is 19.4. The Morgan fingerprint density at radius 1 is 0.828 bits per heavy atom. The van der Waals surface area contributed by atoms with Crippen LogP contribution in [0.2, 0.25) is 0 Å². The third-order valence-corrected chi connectivity index (χ3v) is 4.02. The third-order valence-electron chi connectivity index (χ3n) is 4.02. The van der Waals surface area contributed by atoms with Gasteiger partial charge in [0, 0.05) is 29.9 Å². The Kier molecular flexibility index (Phi) is 6.00. The number of hydrogen-bond acceptors (Lipinski definition) is 2. The van der Waals surface area contributed by atoms with Crippen molar-refractivity contribution in [3.05, 3.63) is 94.8 Å². The van der Waals surface area contributed by atoms with Crippen LogP contribution in [0, 0.1) is 17.5 Å². The van der Waals surface area contributed by atoms with Crippen LogP contribution >= 0.6 is 0 Å². The van der Waals surface area contributed by atoms with Gasteiger partial charge >= 0.3 is 6.18 Å². The van der Waals surface area contributed by atoms with E-state index in [1.165, 1.54) is 0 Å². The first kappa shape index (κ1) is 20.6. The minimum Gasteiger partial charge on any atom is -0.489 e. The second-order valence-corrected chi connectivity index (χ2v) is 6.25. The lowest BCUT2D eigenvalue weighted by atomic mass is 10.1. The van der Waals surface area contributed by atoms with Gasteiger partial charge in [0.05, 0.1) is 5.56 Å². The minimum absolute atomic E-state index is 0.0829. The molecule has 0 spiro atoms. The van der Waals surface area contributed by atoms with E-state index in [0.717, 1.165) is 30.3 Å². The Hall–Kier alpha value is -3.16. The summed E-state index contributed by atoms with van der Waals surface area (Å²) in [5, 5.41) is 2.83. The highest BCUT2D eigenvalue weighted by Crippen LogP contribution is 2.30. The fraction of sp³-hybridized carbons (Fsp3) is 0.143. The monoisotopic (exact) mass is 411 g/mol. The van der Waals surface area contributed by atoms with Crippen LogP contribution < -0.4 is 10.1 Å². The predicted molar refractivity (Wildman–Crippen MR) is 95.9 cm³/mol. The zero-order chi connectivity index (χ0) is 21.0. The zero-order valence-electron chi connectivity index (χ0n) is 14.9. The normalized spacial score (nSPS) is 11.4. The van der Waals surface area contributed by atoms with Crippen molar-refractivity contribution in [2.24, 2.45) is 0 Å². The van der Waals surface area contributed by atoms with Crippen LogP contribution in [0.15, 0.2) is 60.7 Å². The first-order valence-electron chi connectivity index (χ1n) is 8.48. The molecule has 0 aromatic heterocycles. The molecule has 3 aromatic rings. The number of halogens is 6. The molecule has 1 N–H and O–H groups in total. The summed E-state index contributed by atoms with van der Waals surface area (Å²) in [5.41, 5.74) is -0.298. The molecule has 0 unspecified atom stereocenters. The maximum absolute atomic E-state index is 13.8. The Morgan fingerprint density at radius 2 is 1.55 bits per heavy atom. The fourth-order valence-electron chi connectivity index (χ4n) is 2.64. The first-order valence-corrected chi connectivity index (χ1v) is 8.48. The highest BCUT2D eigenvalue weighted by molar-refractivity contribution is 5.48. The van der Waals surface area contributed by atoms with Gasteiger partial charge in [-0.1, -0.05) is 6.07 Å². The molecular formula is C21H15F6NO. The first-order chi connectivity index (χ1) is 13.7. The Balaban J connectivity index is 1.66. The van der Waals surface area contributed by atoms with Gasteiger partial charge in [0.25, 0.3) is 0 Å². The zero-order valence-corrected chi connectivity index (χ0v) is 14.9. The molecule has 0 saturated heterocycles. The van der Waals surface area contributed by atoms with Gasteiger partial charge < -0.3 is 10.1 Å². The Bertz CT molecular complexity index is 982. The molecule has 0 fully saturated rings. The molecule has 3 rings (SSSR count). The molecule has 0 aliphatic carbocycles. The third kappa shape index (κ3) is 5.66. The number of rotatable bonds is 6. The van der Waals surface area contributed by atoms with Crippen LogP contribution in [0.1, 0.15) is 16.7 Å². The number of nitrogens with one attached hydrogen (secondary N) is 1. The van der Waals surface area contributed by atoms with E-state index in [2.05, 4.69) is 5.32 Å². The molecule has 0 aliphatic rings. The smallest absolute Gasteiger partial charge is 0.416 e. The molecule has 0 aliphatic heterocycles. The number of alkyl halides is 3. The molecular weight excluding hydrogens is 396 g/mol. The van der Waals surface area contributed by atoms with Crippen LogP contribution in [0.3, 0.4) is 0 Å². The topological polar surface area (TPSA) is 21.3 Å². The molecule has 3 aromatic carbocycles. The summed E-state index contributed by atoms with van der Waals surface area (Å²) in [6, 6.07) is 11.6. The Labute approximate surface area is 162 Å². The van der Waals surface area contributed by atoms with Crippen LogP contribution in [-0.2, 0) is 19.3 Å². The number of benzene rings is 3. The summed E-state index contributed by atoms with van der Waals surface area (Å²) < 4.78 is 84.1. The summed E-state index contributed by atoms with van der Waals surface area (Å²) in [7, 11) is 0. The van der Waals surface area contributed by atoms with Crippen molar-refractivity contribution < 1.29 is 31.1 Å². The molecule has 2 nitrogen and oxygen atoms in total. The average molecular weight is 411 g/mol. The van der Waals surface area contributed by atoms with Gasteiger partial charge in [-0.3, -0.25) is 0 Å². The van der Waals surface area contributed by atoms with Crippen molar-refractivity contribution in [1.29, 1.82) is 0 Å². The average Bonchev–Trinajstić information content (AvgIpc) is 2.64. The molecule has 0 amide bonds. The minimum atomic E-state index is -4.56. The van der Waals surface area contributed by atoms with Gasteiger partial charge in [-0.15, -0.1) is 0 Å². The van der Waals surface area contributed by atoms with Gasteiger partial charge in [-0.25, -0.2) is 13.2 Å². The van der Waals surface area contributed by atoms with Crippen LogP contribution in [-0.4, -0.2) is 0 Å². The largest absolute Gasteiger partial charge is 0.489 e. The molecule has 0 radical (unpaired) electrons. The number of ether oxygens (including phenoxy) is 1. The van der Waals surface area contributed by atoms with Crippen LogP contribution in [0.5, 0.6) is 5.75 Å².